The summed E-state index contributed by atoms with van der Waals surface area (Å²) in [6.07, 6.45) is 0. The van der Waals surface area contributed by atoms with Gasteiger partial charge in [-0.2, -0.15) is 4.98 Å². The Labute approximate surface area is 172 Å². The minimum atomic E-state index is -0.990. The number of phenols is 1. The SMILES string of the molecule is Nc1nc2c(c(=O)[nH]1)C(c1ccc(O)c([N+](=O)[O-])c1)c1c(c3ccccc3[nH]c1=O)N2. The first-order chi connectivity index (χ1) is 14.8. The molecule has 2 aromatic carbocycles. The van der Waals surface area contributed by atoms with E-state index in [2.05, 4.69) is 20.3 Å². The highest BCUT2D eigenvalue weighted by Gasteiger charge is 2.35. The summed E-state index contributed by atoms with van der Waals surface area (Å²) in [7, 11) is 0. The first kappa shape index (κ1) is 18.4. The maximum atomic E-state index is 13.1. The van der Waals surface area contributed by atoms with Gasteiger partial charge in [-0.25, -0.2) is 0 Å². The van der Waals surface area contributed by atoms with Gasteiger partial charge in [-0.05, 0) is 17.7 Å². The quantitative estimate of drug-likeness (QED) is 0.213. The molecule has 154 valence electrons. The Morgan fingerprint density at radius 2 is 1.81 bits per heavy atom. The van der Waals surface area contributed by atoms with Gasteiger partial charge in [0.15, 0.2) is 5.75 Å². The number of para-hydroxylation sites is 1. The van der Waals surface area contributed by atoms with E-state index in [0.717, 1.165) is 12.1 Å². The fourth-order valence-corrected chi connectivity index (χ4v) is 3.99. The molecule has 0 spiro atoms. The summed E-state index contributed by atoms with van der Waals surface area (Å²) in [4.78, 5) is 45.9. The van der Waals surface area contributed by atoms with Crippen molar-refractivity contribution in [2.45, 2.75) is 5.92 Å². The van der Waals surface area contributed by atoms with Gasteiger partial charge in [-0.3, -0.25) is 24.7 Å². The van der Waals surface area contributed by atoms with E-state index in [0.29, 0.717) is 16.6 Å². The lowest BCUT2D eigenvalue weighted by molar-refractivity contribution is -0.385. The number of hydrogen-bond acceptors (Lipinski definition) is 8. The van der Waals surface area contributed by atoms with Gasteiger partial charge in [0.05, 0.1) is 33.2 Å². The molecule has 1 aliphatic rings. The Morgan fingerprint density at radius 1 is 1.06 bits per heavy atom. The lowest BCUT2D eigenvalue weighted by Crippen LogP contribution is -2.31. The number of benzene rings is 2. The summed E-state index contributed by atoms with van der Waals surface area (Å²) in [5.74, 6) is -1.50. The lowest BCUT2D eigenvalue weighted by Gasteiger charge is -2.28. The van der Waals surface area contributed by atoms with Crippen molar-refractivity contribution in [3.05, 3.63) is 90.0 Å². The zero-order chi connectivity index (χ0) is 21.9. The Kier molecular flexibility index (Phi) is 3.80. The molecule has 0 amide bonds. The van der Waals surface area contributed by atoms with E-state index in [1.807, 2.05) is 0 Å². The van der Waals surface area contributed by atoms with Crippen molar-refractivity contribution in [2.24, 2.45) is 0 Å². The van der Waals surface area contributed by atoms with Crippen molar-refractivity contribution in [1.29, 1.82) is 0 Å². The van der Waals surface area contributed by atoms with Crippen LogP contribution in [0.4, 0.5) is 23.1 Å². The molecule has 6 N–H and O–H groups in total. The van der Waals surface area contributed by atoms with E-state index in [1.165, 1.54) is 6.07 Å². The third kappa shape index (κ3) is 2.71. The van der Waals surface area contributed by atoms with Crippen molar-refractivity contribution in [3.63, 3.8) is 0 Å². The van der Waals surface area contributed by atoms with Crippen LogP contribution in [-0.4, -0.2) is 25.0 Å². The standard InChI is InChI=1S/C20H14N6O5/c21-20-24-17-15(19(29)25-20)13(8-5-6-12(27)11(7-8)26(30)31)14-16(23-17)9-3-1-2-4-10(9)22-18(14)28/h1-7,13,27H,(H,22,28)(H4,21,23,24,25,29). The molecule has 0 radical (unpaired) electrons. The van der Waals surface area contributed by atoms with Gasteiger partial charge in [0.1, 0.15) is 5.82 Å². The van der Waals surface area contributed by atoms with E-state index in [4.69, 9.17) is 5.73 Å². The number of pyridine rings is 1. The van der Waals surface area contributed by atoms with Crippen LogP contribution in [0.3, 0.4) is 0 Å². The van der Waals surface area contributed by atoms with Crippen LogP contribution in [0.25, 0.3) is 10.9 Å². The van der Waals surface area contributed by atoms with Crippen LogP contribution in [0.5, 0.6) is 5.75 Å². The second-order valence-corrected chi connectivity index (χ2v) is 7.07. The highest BCUT2D eigenvalue weighted by atomic mass is 16.6. The number of nitro groups is 1. The van der Waals surface area contributed by atoms with Crippen LogP contribution in [0.1, 0.15) is 22.6 Å². The lowest BCUT2D eigenvalue weighted by atomic mass is 9.82. The molecule has 11 nitrogen and oxygen atoms in total. The summed E-state index contributed by atoms with van der Waals surface area (Å²) >= 11 is 0. The maximum absolute atomic E-state index is 13.1. The molecule has 31 heavy (non-hydrogen) atoms. The van der Waals surface area contributed by atoms with Crippen LogP contribution in [0.15, 0.2) is 52.1 Å². The molecule has 5 rings (SSSR count). The van der Waals surface area contributed by atoms with Gasteiger partial charge in [0.2, 0.25) is 5.95 Å². The van der Waals surface area contributed by atoms with Crippen LogP contribution < -0.4 is 22.2 Å². The topological polar surface area (TPSA) is 180 Å². The largest absolute Gasteiger partial charge is 0.502 e. The van der Waals surface area contributed by atoms with Gasteiger partial charge in [-0.15, -0.1) is 0 Å². The van der Waals surface area contributed by atoms with E-state index < -0.39 is 33.4 Å². The zero-order valence-electron chi connectivity index (χ0n) is 15.7. The molecule has 0 aliphatic carbocycles. The molecule has 0 saturated heterocycles. The number of rotatable bonds is 2. The number of phenolic OH excluding ortho intramolecular Hbond substituents is 1. The Balaban J connectivity index is 1.91. The van der Waals surface area contributed by atoms with Crippen LogP contribution >= 0.6 is 0 Å². The molecule has 0 bridgehead atoms. The number of nitrogen functional groups attached to an aromatic ring is 1. The van der Waals surface area contributed by atoms with E-state index in [1.54, 1.807) is 24.3 Å². The van der Waals surface area contributed by atoms with Gasteiger partial charge < -0.3 is 21.1 Å². The average molecular weight is 418 g/mol. The van der Waals surface area contributed by atoms with Crippen molar-refractivity contribution in [1.82, 2.24) is 15.0 Å². The smallest absolute Gasteiger partial charge is 0.310 e. The number of nitrogens with one attached hydrogen (secondary N) is 3. The maximum Gasteiger partial charge on any atom is 0.310 e. The first-order valence-corrected chi connectivity index (χ1v) is 9.14. The molecule has 0 saturated carbocycles. The number of hydrogen-bond donors (Lipinski definition) is 5. The van der Waals surface area contributed by atoms with E-state index in [9.17, 15) is 24.8 Å². The minimum absolute atomic E-state index is 0.0856. The predicted molar refractivity (Wildman–Crippen MR) is 113 cm³/mol. The second kappa shape index (κ2) is 6.42. The molecule has 1 aliphatic heterocycles. The molecule has 11 heteroatoms. The number of aromatic hydroxyl groups is 1. The molecular formula is C20H14N6O5. The second-order valence-electron chi connectivity index (χ2n) is 7.07. The Bertz CT molecular complexity index is 1520. The number of fused-ring (bicyclic) bond motifs is 4. The summed E-state index contributed by atoms with van der Waals surface area (Å²) in [5, 5.41) is 24.9. The highest BCUT2D eigenvalue weighted by Crippen LogP contribution is 2.44. The predicted octanol–water partition coefficient (Wildman–Crippen LogP) is 2.04. The molecular weight excluding hydrogens is 404 g/mol. The number of nitrogens with zero attached hydrogens (tertiary/aromatic N) is 2. The van der Waals surface area contributed by atoms with Crippen LogP contribution in [0, 0.1) is 10.1 Å². The molecule has 4 aromatic rings. The molecule has 3 heterocycles. The number of nitrogens with two attached hydrogens (primary N) is 1. The van der Waals surface area contributed by atoms with E-state index in [-0.39, 0.29) is 28.5 Å². The molecule has 1 unspecified atom stereocenters. The molecule has 1 atom stereocenters. The Morgan fingerprint density at radius 3 is 2.58 bits per heavy atom. The number of nitro benzene ring substituents is 1. The van der Waals surface area contributed by atoms with Gasteiger partial charge in [0, 0.05) is 11.5 Å². The van der Waals surface area contributed by atoms with Gasteiger partial charge in [-0.1, -0.05) is 24.3 Å². The zero-order valence-corrected chi connectivity index (χ0v) is 15.7. The van der Waals surface area contributed by atoms with Gasteiger partial charge >= 0.3 is 5.69 Å². The van der Waals surface area contributed by atoms with Crippen molar-refractivity contribution >= 4 is 34.0 Å². The van der Waals surface area contributed by atoms with Crippen molar-refractivity contribution in [3.8, 4) is 5.75 Å². The normalized spacial score (nSPS) is 14.5. The number of H-pyrrole nitrogens is 2. The Hall–Kier alpha value is -4.67. The minimum Gasteiger partial charge on any atom is -0.502 e. The summed E-state index contributed by atoms with van der Waals surface area (Å²) in [6, 6.07) is 10.8. The first-order valence-electron chi connectivity index (χ1n) is 9.14. The highest BCUT2D eigenvalue weighted by molar-refractivity contribution is 5.96. The summed E-state index contributed by atoms with van der Waals surface area (Å²) in [5.41, 5.74) is 5.65. The fourth-order valence-electron chi connectivity index (χ4n) is 3.99. The number of aromatic nitrogens is 3. The van der Waals surface area contributed by atoms with Crippen LogP contribution in [-0.2, 0) is 0 Å². The van der Waals surface area contributed by atoms with Crippen molar-refractivity contribution < 1.29 is 10.0 Å². The molecule has 2 aromatic heterocycles. The van der Waals surface area contributed by atoms with Gasteiger partial charge in [0.25, 0.3) is 11.1 Å². The van der Waals surface area contributed by atoms with E-state index >= 15 is 0 Å². The summed E-state index contributed by atoms with van der Waals surface area (Å²) < 4.78 is 0. The number of aromatic amines is 2. The monoisotopic (exact) mass is 418 g/mol. The van der Waals surface area contributed by atoms with Crippen molar-refractivity contribution in [2.75, 3.05) is 11.1 Å². The fraction of sp³-hybridized carbons (Fsp3) is 0.0500. The number of anilines is 3. The average Bonchev–Trinajstić information content (AvgIpc) is 2.72. The third-order valence-corrected chi connectivity index (χ3v) is 5.28. The molecule has 0 fully saturated rings. The van der Waals surface area contributed by atoms with Crippen LogP contribution in [0.2, 0.25) is 0 Å². The third-order valence-electron chi connectivity index (χ3n) is 5.28. The summed E-state index contributed by atoms with van der Waals surface area (Å²) in [6.45, 7) is 0.